The summed E-state index contributed by atoms with van der Waals surface area (Å²) in [5, 5.41) is 9.48. The molecule has 0 atom stereocenters. The van der Waals surface area contributed by atoms with E-state index in [9.17, 15) is 4.79 Å². The average Bonchev–Trinajstić information content (AvgIpc) is 2.66. The zero-order valence-electron chi connectivity index (χ0n) is 16.0. The Kier molecular flexibility index (Phi) is 8.79. The van der Waals surface area contributed by atoms with Gasteiger partial charge >= 0.3 is 0 Å². The number of amides is 1. The number of guanidine groups is 1. The Bertz CT molecular complexity index is 566. The maximum Gasteiger partial charge on any atom is 0.221 e. The summed E-state index contributed by atoms with van der Waals surface area (Å²) >= 11 is 0. The summed E-state index contributed by atoms with van der Waals surface area (Å²) in [5.74, 6) is 1.66. The van der Waals surface area contributed by atoms with Crippen molar-refractivity contribution in [2.24, 2.45) is 4.99 Å². The number of rotatable bonds is 8. The van der Waals surface area contributed by atoms with Crippen LogP contribution < -0.4 is 20.7 Å². The molecular formula is C20H32N4O2. The monoisotopic (exact) mass is 360 g/mol. The normalized spacial score (nSPS) is 15.4. The van der Waals surface area contributed by atoms with Crippen molar-refractivity contribution in [2.75, 3.05) is 26.7 Å². The van der Waals surface area contributed by atoms with Gasteiger partial charge in [0.15, 0.2) is 5.96 Å². The number of aryl methyl sites for hydroxylation is 1. The lowest BCUT2D eigenvalue weighted by Gasteiger charge is -2.22. The molecule has 0 saturated heterocycles. The number of carbonyl (C=O) groups excluding carboxylic acids is 1. The number of nitrogens with one attached hydrogen (secondary N) is 3. The summed E-state index contributed by atoms with van der Waals surface area (Å²) in [6, 6.07) is 8.36. The highest BCUT2D eigenvalue weighted by Crippen LogP contribution is 2.17. The molecule has 2 rings (SSSR count). The molecule has 0 radical (unpaired) electrons. The Hall–Kier alpha value is -2.24. The molecule has 0 bridgehead atoms. The highest BCUT2D eigenvalue weighted by atomic mass is 16.5. The van der Waals surface area contributed by atoms with Crippen molar-refractivity contribution in [3.8, 4) is 5.75 Å². The molecule has 6 heteroatoms. The largest absolute Gasteiger partial charge is 0.492 e. The summed E-state index contributed by atoms with van der Waals surface area (Å²) in [6.45, 7) is 3.81. The zero-order chi connectivity index (χ0) is 18.6. The van der Waals surface area contributed by atoms with E-state index in [1.54, 1.807) is 7.05 Å². The summed E-state index contributed by atoms with van der Waals surface area (Å²) in [4.78, 5) is 16.2. The van der Waals surface area contributed by atoms with Gasteiger partial charge in [0.25, 0.3) is 0 Å². The van der Waals surface area contributed by atoms with Crippen LogP contribution >= 0.6 is 0 Å². The van der Waals surface area contributed by atoms with Crippen molar-refractivity contribution in [1.29, 1.82) is 0 Å². The van der Waals surface area contributed by atoms with Crippen molar-refractivity contribution in [3.63, 3.8) is 0 Å². The highest BCUT2D eigenvalue weighted by Gasteiger charge is 2.15. The van der Waals surface area contributed by atoms with Gasteiger partial charge in [0.1, 0.15) is 12.4 Å². The van der Waals surface area contributed by atoms with Crippen LogP contribution in [-0.2, 0) is 4.79 Å². The van der Waals surface area contributed by atoms with Gasteiger partial charge in [-0.2, -0.15) is 0 Å². The Morgan fingerprint density at radius 3 is 2.50 bits per heavy atom. The van der Waals surface area contributed by atoms with Crippen LogP contribution in [0, 0.1) is 6.92 Å². The number of carbonyl (C=O) groups is 1. The van der Waals surface area contributed by atoms with E-state index in [2.05, 4.69) is 27.9 Å². The van der Waals surface area contributed by atoms with Crippen LogP contribution in [0.3, 0.4) is 0 Å². The average molecular weight is 361 g/mol. The molecule has 1 aliphatic carbocycles. The predicted molar refractivity (Wildman–Crippen MR) is 106 cm³/mol. The second kappa shape index (κ2) is 11.4. The van der Waals surface area contributed by atoms with Gasteiger partial charge in [-0.15, -0.1) is 0 Å². The number of benzene rings is 1. The van der Waals surface area contributed by atoms with E-state index < -0.39 is 0 Å². The fourth-order valence-corrected chi connectivity index (χ4v) is 3.03. The smallest absolute Gasteiger partial charge is 0.221 e. The van der Waals surface area contributed by atoms with Gasteiger partial charge in [-0.3, -0.25) is 9.79 Å². The molecule has 0 aliphatic heterocycles. The molecule has 0 aromatic heterocycles. The van der Waals surface area contributed by atoms with Crippen molar-refractivity contribution in [2.45, 2.75) is 51.5 Å². The molecule has 1 aliphatic rings. The van der Waals surface area contributed by atoms with Gasteiger partial charge in [0.2, 0.25) is 5.91 Å². The SMILES string of the molecule is CN=C(NCCOc1ccc(C)cc1)NCCC(=O)NC1CCCCC1. The third-order valence-electron chi connectivity index (χ3n) is 4.52. The summed E-state index contributed by atoms with van der Waals surface area (Å²) in [5.41, 5.74) is 1.22. The van der Waals surface area contributed by atoms with Gasteiger partial charge < -0.3 is 20.7 Å². The lowest BCUT2D eigenvalue weighted by atomic mass is 9.95. The first-order valence-electron chi connectivity index (χ1n) is 9.60. The molecule has 0 spiro atoms. The van der Waals surface area contributed by atoms with Crippen molar-refractivity contribution in [3.05, 3.63) is 29.8 Å². The van der Waals surface area contributed by atoms with Crippen LogP contribution in [0.2, 0.25) is 0 Å². The highest BCUT2D eigenvalue weighted by molar-refractivity contribution is 5.81. The Morgan fingerprint density at radius 2 is 1.81 bits per heavy atom. The van der Waals surface area contributed by atoms with Gasteiger partial charge in [0, 0.05) is 26.1 Å². The fourth-order valence-electron chi connectivity index (χ4n) is 3.03. The van der Waals surface area contributed by atoms with E-state index in [0.29, 0.717) is 38.1 Å². The molecule has 1 aromatic rings. The molecular weight excluding hydrogens is 328 g/mol. The topological polar surface area (TPSA) is 74.8 Å². The van der Waals surface area contributed by atoms with Crippen LogP contribution in [0.5, 0.6) is 5.75 Å². The number of nitrogens with zero attached hydrogens (tertiary/aromatic N) is 1. The molecule has 144 valence electrons. The predicted octanol–water partition coefficient (Wildman–Crippen LogP) is 2.38. The molecule has 26 heavy (non-hydrogen) atoms. The molecule has 0 heterocycles. The number of hydrogen-bond donors (Lipinski definition) is 3. The van der Waals surface area contributed by atoms with E-state index in [1.165, 1.54) is 24.8 Å². The van der Waals surface area contributed by atoms with Gasteiger partial charge in [-0.1, -0.05) is 37.0 Å². The van der Waals surface area contributed by atoms with E-state index in [4.69, 9.17) is 4.74 Å². The molecule has 1 aromatic carbocycles. The van der Waals surface area contributed by atoms with Gasteiger partial charge in [-0.25, -0.2) is 0 Å². The molecule has 0 unspecified atom stereocenters. The Balaban J connectivity index is 1.55. The number of hydrogen-bond acceptors (Lipinski definition) is 3. The van der Waals surface area contributed by atoms with Crippen LogP contribution in [0.25, 0.3) is 0 Å². The summed E-state index contributed by atoms with van der Waals surface area (Å²) < 4.78 is 5.67. The molecule has 1 fully saturated rings. The van der Waals surface area contributed by atoms with Crippen LogP contribution in [0.15, 0.2) is 29.3 Å². The van der Waals surface area contributed by atoms with E-state index in [0.717, 1.165) is 18.6 Å². The second-order valence-electron chi connectivity index (χ2n) is 6.74. The van der Waals surface area contributed by atoms with Gasteiger partial charge in [-0.05, 0) is 31.9 Å². The Labute approximate surface area is 156 Å². The first-order valence-corrected chi connectivity index (χ1v) is 9.60. The first kappa shape index (κ1) is 20.1. The minimum Gasteiger partial charge on any atom is -0.492 e. The van der Waals surface area contributed by atoms with Crippen molar-refractivity contribution < 1.29 is 9.53 Å². The molecule has 1 saturated carbocycles. The number of ether oxygens (including phenoxy) is 1. The fraction of sp³-hybridized carbons (Fsp3) is 0.600. The van der Waals surface area contributed by atoms with Crippen molar-refractivity contribution in [1.82, 2.24) is 16.0 Å². The van der Waals surface area contributed by atoms with E-state index >= 15 is 0 Å². The van der Waals surface area contributed by atoms with Crippen LogP contribution in [-0.4, -0.2) is 44.7 Å². The first-order chi connectivity index (χ1) is 12.7. The molecule has 6 nitrogen and oxygen atoms in total. The molecule has 3 N–H and O–H groups in total. The van der Waals surface area contributed by atoms with Crippen molar-refractivity contribution >= 4 is 11.9 Å². The maximum atomic E-state index is 12.0. The quantitative estimate of drug-likeness (QED) is 0.378. The summed E-state index contributed by atoms with van der Waals surface area (Å²) in [7, 11) is 1.72. The van der Waals surface area contributed by atoms with E-state index in [-0.39, 0.29) is 5.91 Å². The third kappa shape index (κ3) is 7.76. The maximum absolute atomic E-state index is 12.0. The zero-order valence-corrected chi connectivity index (χ0v) is 16.0. The van der Waals surface area contributed by atoms with Crippen LogP contribution in [0.4, 0.5) is 0 Å². The van der Waals surface area contributed by atoms with Crippen LogP contribution in [0.1, 0.15) is 44.1 Å². The minimum absolute atomic E-state index is 0.113. The summed E-state index contributed by atoms with van der Waals surface area (Å²) in [6.07, 6.45) is 6.43. The Morgan fingerprint density at radius 1 is 1.12 bits per heavy atom. The molecule has 1 amide bonds. The van der Waals surface area contributed by atoms with E-state index in [1.807, 2.05) is 24.3 Å². The number of aliphatic imine (C=N–C) groups is 1. The second-order valence-corrected chi connectivity index (χ2v) is 6.74. The lowest BCUT2D eigenvalue weighted by Crippen LogP contribution is -2.42. The van der Waals surface area contributed by atoms with Gasteiger partial charge in [0.05, 0.1) is 6.54 Å². The third-order valence-corrected chi connectivity index (χ3v) is 4.52. The minimum atomic E-state index is 0.113. The lowest BCUT2D eigenvalue weighted by molar-refractivity contribution is -0.121. The standard InChI is InChI=1S/C20H32N4O2/c1-16-8-10-18(11-9-16)26-15-14-23-20(21-2)22-13-12-19(25)24-17-6-4-3-5-7-17/h8-11,17H,3-7,12-15H2,1-2H3,(H,24,25)(H2,21,22,23).